The summed E-state index contributed by atoms with van der Waals surface area (Å²) in [5.74, 6) is -0.238. The van der Waals surface area contributed by atoms with Crippen LogP contribution in [0.2, 0.25) is 0 Å². The largest absolute Gasteiger partial charge is 0.382 e. The molecule has 0 aliphatic carbocycles. The zero-order chi connectivity index (χ0) is 30.4. The zero-order valence-corrected chi connectivity index (χ0v) is 24.9. The number of aromatic nitrogens is 7. The molecule has 0 bridgehead atoms. The van der Waals surface area contributed by atoms with E-state index in [0.717, 1.165) is 0 Å². The molecule has 7 atom stereocenters. The van der Waals surface area contributed by atoms with Crippen molar-refractivity contribution in [1.82, 2.24) is 34.1 Å². The molecule has 0 aromatic carbocycles. The molecule has 2 aliphatic rings. The van der Waals surface area contributed by atoms with E-state index in [4.69, 9.17) is 51.3 Å². The molecule has 3 aromatic heterocycles. The number of H-pyrrole nitrogens is 1. The van der Waals surface area contributed by atoms with Gasteiger partial charge in [-0.1, -0.05) is 0 Å². The van der Waals surface area contributed by atoms with Gasteiger partial charge in [-0.2, -0.15) is 9.97 Å². The normalized spacial score (nSPS) is 31.1. The van der Waals surface area contributed by atoms with Gasteiger partial charge in [0.1, 0.15) is 30.4 Å². The maximum Gasteiger partial charge on any atom is 0.354 e. The lowest BCUT2D eigenvalue weighted by molar-refractivity contribution is -0.113. The number of nitrogen functional groups attached to an aromatic ring is 2. The fraction of sp³-hybridized carbons (Fsp3) is 0.636. The van der Waals surface area contributed by atoms with Crippen molar-refractivity contribution in [2.75, 3.05) is 38.9 Å². The third kappa shape index (κ3) is 5.84. The molecule has 2 aliphatic heterocycles. The first-order chi connectivity index (χ1) is 19.8. The van der Waals surface area contributed by atoms with Crippen LogP contribution >= 0.6 is 6.72 Å². The van der Waals surface area contributed by atoms with E-state index in [1.54, 1.807) is 18.4 Å². The number of hydrogen-bond acceptors (Lipinski definition) is 15. The quantitative estimate of drug-likeness (QED) is 0.199. The highest BCUT2D eigenvalue weighted by molar-refractivity contribution is 8.07. The van der Waals surface area contributed by atoms with Crippen molar-refractivity contribution < 1.29 is 32.9 Å². The Morgan fingerprint density at radius 2 is 1.71 bits per heavy atom. The third-order valence-electron chi connectivity index (χ3n) is 7.27. The van der Waals surface area contributed by atoms with Crippen LogP contribution in [-0.4, -0.2) is 90.8 Å². The Morgan fingerprint density at radius 1 is 1.07 bits per heavy atom. The number of ether oxygens (including phenoxy) is 4. The summed E-state index contributed by atoms with van der Waals surface area (Å²) >= 11 is 5.33. The number of imidazole rings is 1. The lowest BCUT2D eigenvalue weighted by atomic mass is 10.1. The lowest BCUT2D eigenvalue weighted by Gasteiger charge is -2.27. The van der Waals surface area contributed by atoms with Crippen molar-refractivity contribution in [3.63, 3.8) is 0 Å². The van der Waals surface area contributed by atoms with Crippen LogP contribution in [0.3, 0.4) is 0 Å². The van der Waals surface area contributed by atoms with Gasteiger partial charge in [0, 0.05) is 27.1 Å². The van der Waals surface area contributed by atoms with E-state index in [9.17, 15) is 14.5 Å². The van der Waals surface area contributed by atoms with Gasteiger partial charge < -0.3 is 44.4 Å². The Hall–Kier alpha value is -2.87. The van der Waals surface area contributed by atoms with Gasteiger partial charge in [0.15, 0.2) is 16.9 Å². The second-order valence-corrected chi connectivity index (χ2v) is 13.1. The molecule has 5 rings (SSSR count). The Morgan fingerprint density at radius 3 is 2.38 bits per heavy atom. The molecule has 18 nitrogen and oxygen atoms in total. The van der Waals surface area contributed by atoms with Crippen LogP contribution in [0.4, 0.5) is 11.9 Å². The summed E-state index contributed by atoms with van der Waals surface area (Å²) in [6.07, 6.45) is 0.387. The second-order valence-electron chi connectivity index (χ2n) is 10.3. The number of rotatable bonds is 10. The highest BCUT2D eigenvalue weighted by Gasteiger charge is 2.49. The van der Waals surface area contributed by atoms with Gasteiger partial charge in [-0.25, -0.2) is 14.8 Å². The van der Waals surface area contributed by atoms with Gasteiger partial charge in [-0.15, -0.1) is 0 Å². The van der Waals surface area contributed by atoms with Crippen molar-refractivity contribution >= 4 is 41.6 Å². The minimum Gasteiger partial charge on any atom is -0.382 e. The summed E-state index contributed by atoms with van der Waals surface area (Å²) in [5, 5.41) is 0. The van der Waals surface area contributed by atoms with Crippen LogP contribution in [-0.2, 0) is 51.3 Å². The molecule has 230 valence electrons. The molecule has 42 heavy (non-hydrogen) atoms. The first-order valence-electron chi connectivity index (χ1n) is 12.8. The highest BCUT2D eigenvalue weighted by Crippen LogP contribution is 2.50. The monoisotopic (exact) mass is 629 g/mol. The van der Waals surface area contributed by atoms with E-state index in [-0.39, 0.29) is 42.7 Å². The smallest absolute Gasteiger partial charge is 0.354 e. The van der Waals surface area contributed by atoms with Gasteiger partial charge in [0.2, 0.25) is 11.9 Å². The maximum atomic E-state index is 12.5. The van der Waals surface area contributed by atoms with Gasteiger partial charge in [-0.05, 0) is 25.7 Å². The summed E-state index contributed by atoms with van der Waals surface area (Å²) in [6, 6.07) is 0. The van der Waals surface area contributed by atoms with Crippen molar-refractivity contribution in [1.29, 1.82) is 0 Å². The van der Waals surface area contributed by atoms with Crippen LogP contribution in [0.1, 0.15) is 26.7 Å². The summed E-state index contributed by atoms with van der Waals surface area (Å²) in [6.45, 7) is -0.565. The van der Waals surface area contributed by atoms with Crippen LogP contribution in [0.15, 0.2) is 22.2 Å². The SMILES string of the molecule is COC[C@H]1O[C@](C)(n2cnc(N)nc2=O)CC1OP(O)(=S)OC[C@H]1OC(C)(n2cnc3c(=O)[nH]c(N)nc32)C[C@H]1OC. The highest BCUT2D eigenvalue weighted by atomic mass is 32.5. The Kier molecular flexibility index (Phi) is 8.25. The number of nitrogens with two attached hydrogens (primary N) is 2. The molecule has 3 aromatic rings. The number of hydrogen-bond donors (Lipinski definition) is 4. The van der Waals surface area contributed by atoms with E-state index in [2.05, 4.69) is 24.9 Å². The average Bonchev–Trinajstić information content (AvgIpc) is 3.57. The third-order valence-corrected chi connectivity index (χ3v) is 8.86. The van der Waals surface area contributed by atoms with E-state index < -0.39 is 53.8 Å². The fourth-order valence-electron chi connectivity index (χ4n) is 5.32. The predicted molar refractivity (Wildman–Crippen MR) is 150 cm³/mol. The molecule has 0 saturated carbocycles. The van der Waals surface area contributed by atoms with E-state index in [0.29, 0.717) is 6.42 Å². The topological polar surface area (TPSA) is 239 Å². The van der Waals surface area contributed by atoms with Gasteiger partial charge in [0.05, 0.1) is 25.6 Å². The first-order valence-corrected chi connectivity index (χ1v) is 15.3. The number of nitrogens with one attached hydrogen (secondary N) is 1. The van der Waals surface area contributed by atoms with Crippen LogP contribution in [0.25, 0.3) is 11.2 Å². The van der Waals surface area contributed by atoms with Gasteiger partial charge in [0.25, 0.3) is 5.56 Å². The van der Waals surface area contributed by atoms with E-state index in [1.165, 1.54) is 31.4 Å². The molecule has 6 N–H and O–H groups in total. The van der Waals surface area contributed by atoms with Crippen LogP contribution in [0.5, 0.6) is 0 Å². The molecule has 5 heterocycles. The number of methoxy groups -OCH3 is 2. The minimum absolute atomic E-state index is 0.0651. The first kappa shape index (κ1) is 30.6. The summed E-state index contributed by atoms with van der Waals surface area (Å²) in [7, 11) is 2.99. The summed E-state index contributed by atoms with van der Waals surface area (Å²) < 4.78 is 37.7. The second kappa shape index (κ2) is 11.3. The summed E-state index contributed by atoms with van der Waals surface area (Å²) in [5.41, 5.74) is 8.17. The molecule has 0 spiro atoms. The van der Waals surface area contributed by atoms with Crippen molar-refractivity contribution in [2.45, 2.75) is 62.6 Å². The van der Waals surface area contributed by atoms with E-state index >= 15 is 0 Å². The molecule has 0 amide bonds. The lowest BCUT2D eigenvalue weighted by Crippen LogP contribution is -2.40. The van der Waals surface area contributed by atoms with Crippen molar-refractivity contribution in [2.24, 2.45) is 0 Å². The van der Waals surface area contributed by atoms with Crippen molar-refractivity contribution in [3.8, 4) is 0 Å². The van der Waals surface area contributed by atoms with Gasteiger partial charge in [-0.3, -0.25) is 18.9 Å². The van der Waals surface area contributed by atoms with Gasteiger partial charge >= 0.3 is 12.4 Å². The Bertz CT molecular complexity index is 1630. The molecule has 0 radical (unpaired) electrons. The average molecular weight is 630 g/mol. The number of anilines is 2. The zero-order valence-electron chi connectivity index (χ0n) is 23.2. The number of aromatic amines is 1. The number of nitrogens with zero attached hydrogens (tertiary/aromatic N) is 6. The van der Waals surface area contributed by atoms with Crippen LogP contribution < -0.4 is 22.7 Å². The molecule has 3 unspecified atom stereocenters. The van der Waals surface area contributed by atoms with Crippen LogP contribution in [0, 0.1) is 0 Å². The van der Waals surface area contributed by atoms with E-state index in [1.807, 2.05) is 0 Å². The Balaban J connectivity index is 1.29. The molecular formula is C22H32N9O9PS. The summed E-state index contributed by atoms with van der Waals surface area (Å²) in [4.78, 5) is 54.1. The molecular weight excluding hydrogens is 597 g/mol. The molecule has 2 saturated heterocycles. The Labute approximate surface area is 243 Å². The fourth-order valence-corrected chi connectivity index (χ4v) is 6.78. The molecule has 2 fully saturated rings. The standard InChI is InChI=1S/C22H32N9O9PS/c1-21(30-9-25-15-16(30)27-19(24)28-17(15)32)5-11(36-4)14(39-21)8-37-41(34,42)40-12-6-22(2,38-13(12)7-35-3)31-10-26-18(23)29-20(31)33/h9-14H,5-8H2,1-4H3,(H,34,42)(H2,23,29,33)(H3,24,27,28,32)/t11-,12?,13-,14-,21?,22+,41?/m1/s1. The minimum atomic E-state index is -3.88. The molecule has 20 heteroatoms. The maximum absolute atomic E-state index is 12.5. The predicted octanol–water partition coefficient (Wildman–Crippen LogP) is -0.861. The van der Waals surface area contributed by atoms with Crippen molar-refractivity contribution in [3.05, 3.63) is 33.5 Å². The number of fused-ring (bicyclic) bond motifs is 1.